The number of carbonyl (C=O) groups excluding carboxylic acids is 4. The molecule has 2 saturated carbocycles. The maximum atomic E-state index is 13.1. The fraction of sp³-hybridized carbons (Fsp3) is 0.385. The van der Waals surface area contributed by atoms with E-state index in [1.165, 1.54) is 5.56 Å². The molecule has 0 unspecified atom stereocenters. The number of amides is 2. The standard InChI is InChI=1S/C26H25NO5/c1-15-7-9-17(10-8-15)21(28)14-32-22(29)13-27-25(30)23-18-11-19(16-5-3-2-4-6-16)20(12-18)24(23)26(27)31/h2-10,18-20,23-24H,11-14H2,1H3/t18-,19-,20-,23-,24+/m1/s1. The van der Waals surface area contributed by atoms with Gasteiger partial charge in [0.2, 0.25) is 11.8 Å². The number of esters is 1. The summed E-state index contributed by atoms with van der Waals surface area (Å²) < 4.78 is 5.09. The maximum Gasteiger partial charge on any atom is 0.326 e. The molecular weight excluding hydrogens is 406 g/mol. The second-order valence-electron chi connectivity index (χ2n) is 9.18. The Morgan fingerprint density at radius 2 is 1.62 bits per heavy atom. The number of ketones is 1. The summed E-state index contributed by atoms with van der Waals surface area (Å²) in [5, 5.41) is 0. The molecule has 0 aromatic heterocycles. The van der Waals surface area contributed by atoms with Crippen LogP contribution in [0, 0.1) is 30.6 Å². The highest BCUT2D eigenvalue weighted by atomic mass is 16.5. The lowest BCUT2D eigenvalue weighted by molar-refractivity contribution is -0.152. The first kappa shape index (κ1) is 20.6. The van der Waals surface area contributed by atoms with Crippen molar-refractivity contribution in [3.8, 4) is 0 Å². The third-order valence-electron chi connectivity index (χ3n) is 7.36. The van der Waals surface area contributed by atoms with Crippen molar-refractivity contribution < 1.29 is 23.9 Å². The molecule has 2 amide bonds. The topological polar surface area (TPSA) is 80.8 Å². The lowest BCUT2D eigenvalue weighted by Crippen LogP contribution is -2.38. The van der Waals surface area contributed by atoms with Crippen molar-refractivity contribution in [3.63, 3.8) is 0 Å². The van der Waals surface area contributed by atoms with Gasteiger partial charge in [0.1, 0.15) is 6.54 Å². The molecule has 5 rings (SSSR count). The van der Waals surface area contributed by atoms with E-state index in [4.69, 9.17) is 4.74 Å². The Morgan fingerprint density at radius 3 is 2.34 bits per heavy atom. The van der Waals surface area contributed by atoms with Gasteiger partial charge < -0.3 is 4.74 Å². The molecule has 6 nitrogen and oxygen atoms in total. The number of ether oxygens (including phenoxy) is 1. The number of Topliss-reactive ketones (excluding diaryl/α,β-unsaturated/α-hetero) is 1. The predicted molar refractivity (Wildman–Crippen MR) is 116 cm³/mol. The maximum absolute atomic E-state index is 13.1. The lowest BCUT2D eigenvalue weighted by atomic mass is 9.73. The first-order valence-corrected chi connectivity index (χ1v) is 11.1. The number of carbonyl (C=O) groups is 4. The molecule has 5 atom stereocenters. The van der Waals surface area contributed by atoms with E-state index in [1.54, 1.807) is 12.1 Å². The molecule has 0 radical (unpaired) electrons. The molecule has 1 aliphatic heterocycles. The molecule has 2 bridgehead atoms. The zero-order valence-electron chi connectivity index (χ0n) is 17.9. The third-order valence-corrected chi connectivity index (χ3v) is 7.36. The number of benzene rings is 2. The van der Waals surface area contributed by atoms with Crippen LogP contribution in [0.2, 0.25) is 0 Å². The van der Waals surface area contributed by atoms with Crippen molar-refractivity contribution in [3.05, 3.63) is 71.3 Å². The van der Waals surface area contributed by atoms with Gasteiger partial charge in [0.25, 0.3) is 0 Å². The van der Waals surface area contributed by atoms with E-state index < -0.39 is 19.1 Å². The smallest absolute Gasteiger partial charge is 0.326 e. The molecule has 1 saturated heterocycles. The first-order valence-electron chi connectivity index (χ1n) is 11.1. The molecule has 0 N–H and O–H groups in total. The van der Waals surface area contributed by atoms with Gasteiger partial charge in [-0.3, -0.25) is 24.1 Å². The summed E-state index contributed by atoms with van der Waals surface area (Å²) in [6, 6.07) is 17.1. The Kier molecular flexibility index (Phi) is 5.16. The van der Waals surface area contributed by atoms with E-state index in [2.05, 4.69) is 12.1 Å². The number of imide groups is 1. The fourth-order valence-electron chi connectivity index (χ4n) is 5.90. The molecule has 1 heterocycles. The minimum Gasteiger partial charge on any atom is -0.456 e. The van der Waals surface area contributed by atoms with Crippen molar-refractivity contribution in [1.82, 2.24) is 4.90 Å². The van der Waals surface area contributed by atoms with Crippen LogP contribution in [0.3, 0.4) is 0 Å². The second-order valence-corrected chi connectivity index (χ2v) is 9.18. The lowest BCUT2D eigenvalue weighted by Gasteiger charge is -2.28. The molecule has 3 aliphatic rings. The van der Waals surface area contributed by atoms with E-state index in [-0.39, 0.29) is 47.2 Å². The zero-order valence-corrected chi connectivity index (χ0v) is 17.9. The highest BCUT2D eigenvalue weighted by molar-refractivity contribution is 6.08. The van der Waals surface area contributed by atoms with Gasteiger partial charge in [-0.15, -0.1) is 0 Å². The Hall–Kier alpha value is -3.28. The molecule has 6 heteroatoms. The van der Waals surface area contributed by atoms with Crippen LogP contribution in [-0.4, -0.2) is 41.6 Å². The summed E-state index contributed by atoms with van der Waals surface area (Å²) >= 11 is 0. The third kappa shape index (κ3) is 3.44. The molecule has 0 spiro atoms. The molecule has 2 aromatic rings. The van der Waals surface area contributed by atoms with E-state index >= 15 is 0 Å². The summed E-state index contributed by atoms with van der Waals surface area (Å²) in [4.78, 5) is 51.7. The summed E-state index contributed by atoms with van der Waals surface area (Å²) in [5.74, 6) is -1.68. The number of aryl methyl sites for hydroxylation is 1. The Bertz CT molecular complexity index is 1080. The molecular formula is C26H25NO5. The summed E-state index contributed by atoms with van der Waals surface area (Å²) in [6.45, 7) is 1.08. The molecule has 32 heavy (non-hydrogen) atoms. The van der Waals surface area contributed by atoms with Gasteiger partial charge in [-0.2, -0.15) is 0 Å². The monoisotopic (exact) mass is 431 g/mol. The van der Waals surface area contributed by atoms with Gasteiger partial charge in [0.15, 0.2) is 12.4 Å². The van der Waals surface area contributed by atoms with Crippen LogP contribution in [0.25, 0.3) is 0 Å². The fourth-order valence-corrected chi connectivity index (χ4v) is 5.90. The normalized spacial score (nSPS) is 28.2. The number of likely N-dealkylation sites (tertiary alicyclic amines) is 1. The van der Waals surface area contributed by atoms with Gasteiger partial charge in [-0.25, -0.2) is 0 Å². The Morgan fingerprint density at radius 1 is 0.938 bits per heavy atom. The minimum atomic E-state index is -0.737. The Labute approximate surface area is 186 Å². The van der Waals surface area contributed by atoms with E-state index in [0.717, 1.165) is 23.3 Å². The van der Waals surface area contributed by atoms with Crippen molar-refractivity contribution in [1.29, 1.82) is 0 Å². The van der Waals surface area contributed by atoms with Crippen LogP contribution in [0.1, 0.15) is 40.2 Å². The number of fused-ring (bicyclic) bond motifs is 5. The highest BCUT2D eigenvalue weighted by Crippen LogP contribution is 2.61. The van der Waals surface area contributed by atoms with Crippen molar-refractivity contribution in [2.24, 2.45) is 23.7 Å². The second kappa shape index (κ2) is 8.01. The highest BCUT2D eigenvalue weighted by Gasteiger charge is 2.64. The van der Waals surface area contributed by atoms with E-state index in [1.807, 2.05) is 37.3 Å². The van der Waals surface area contributed by atoms with Crippen LogP contribution < -0.4 is 0 Å². The van der Waals surface area contributed by atoms with Crippen LogP contribution in [0.4, 0.5) is 0 Å². The summed E-state index contributed by atoms with van der Waals surface area (Å²) in [5.41, 5.74) is 2.69. The number of nitrogens with zero attached hydrogens (tertiary/aromatic N) is 1. The molecule has 3 fully saturated rings. The van der Waals surface area contributed by atoms with Crippen LogP contribution in [-0.2, 0) is 19.1 Å². The number of hydrogen-bond donors (Lipinski definition) is 0. The quantitative estimate of drug-likeness (QED) is 0.399. The van der Waals surface area contributed by atoms with Crippen LogP contribution in [0.5, 0.6) is 0 Å². The summed E-state index contributed by atoms with van der Waals surface area (Å²) in [6.07, 6.45) is 1.79. The zero-order chi connectivity index (χ0) is 22.4. The van der Waals surface area contributed by atoms with Gasteiger partial charge >= 0.3 is 5.97 Å². The number of hydrogen-bond acceptors (Lipinski definition) is 5. The van der Waals surface area contributed by atoms with Gasteiger partial charge in [0.05, 0.1) is 11.8 Å². The molecule has 2 aliphatic carbocycles. The Balaban J connectivity index is 1.22. The van der Waals surface area contributed by atoms with Crippen molar-refractivity contribution in [2.45, 2.75) is 25.7 Å². The average molecular weight is 431 g/mol. The van der Waals surface area contributed by atoms with Gasteiger partial charge in [-0.05, 0) is 43.1 Å². The molecule has 164 valence electrons. The summed E-state index contributed by atoms with van der Waals surface area (Å²) in [7, 11) is 0. The van der Waals surface area contributed by atoms with E-state index in [0.29, 0.717) is 5.56 Å². The SMILES string of the molecule is Cc1ccc(C(=O)COC(=O)CN2C(=O)[C@@H]3[C@H]4C[C@@H]([C@@H]3C2=O)[C@@H](c2ccccc2)C4)cc1. The molecule has 2 aromatic carbocycles. The van der Waals surface area contributed by atoms with Crippen LogP contribution >= 0.6 is 0 Å². The minimum absolute atomic E-state index is 0.132. The van der Waals surface area contributed by atoms with Gasteiger partial charge in [0, 0.05) is 5.56 Å². The van der Waals surface area contributed by atoms with Crippen LogP contribution in [0.15, 0.2) is 54.6 Å². The van der Waals surface area contributed by atoms with Crippen molar-refractivity contribution in [2.75, 3.05) is 13.2 Å². The number of rotatable bonds is 6. The van der Waals surface area contributed by atoms with E-state index in [9.17, 15) is 19.2 Å². The van der Waals surface area contributed by atoms with Gasteiger partial charge in [-0.1, -0.05) is 60.2 Å². The largest absolute Gasteiger partial charge is 0.456 e. The first-order chi connectivity index (χ1) is 15.4. The van der Waals surface area contributed by atoms with Crippen molar-refractivity contribution >= 4 is 23.6 Å². The predicted octanol–water partition coefficient (Wildman–Crippen LogP) is 3.15. The average Bonchev–Trinajstić information content (AvgIpc) is 3.46.